The molecule has 1 heteroatoms. The molecule has 2 aromatic rings. The van der Waals surface area contributed by atoms with Crippen LogP contribution in [0.15, 0.2) is 36.4 Å². The largest absolute Gasteiger partial charge is 0.299 e. The van der Waals surface area contributed by atoms with Gasteiger partial charge in [0.1, 0.15) is 5.78 Å². The fraction of sp³-hybridized carbons (Fsp3) is 0.389. The van der Waals surface area contributed by atoms with Crippen LogP contribution in [0.2, 0.25) is 0 Å². The molecule has 0 spiro atoms. The van der Waals surface area contributed by atoms with Gasteiger partial charge >= 0.3 is 0 Å². The lowest BCUT2D eigenvalue weighted by atomic mass is 9.92. The highest BCUT2D eigenvalue weighted by Crippen LogP contribution is 2.24. The van der Waals surface area contributed by atoms with Gasteiger partial charge in [-0.1, -0.05) is 57.2 Å². The molecule has 0 bridgehead atoms. The smallest absolute Gasteiger partial charge is 0.140 e. The monoisotopic (exact) mass is 254 g/mol. The van der Waals surface area contributed by atoms with Gasteiger partial charge in [-0.05, 0) is 34.7 Å². The second kappa shape index (κ2) is 6.01. The molecule has 0 saturated heterocycles. The fourth-order valence-corrected chi connectivity index (χ4v) is 2.45. The van der Waals surface area contributed by atoms with Crippen molar-refractivity contribution in [3.05, 3.63) is 47.5 Å². The van der Waals surface area contributed by atoms with Crippen molar-refractivity contribution in [2.75, 3.05) is 0 Å². The van der Waals surface area contributed by atoms with E-state index in [9.17, 15) is 4.79 Å². The third kappa shape index (κ3) is 3.04. The first-order valence-corrected chi connectivity index (χ1v) is 7.21. The van der Waals surface area contributed by atoms with Crippen molar-refractivity contribution in [3.8, 4) is 0 Å². The van der Waals surface area contributed by atoms with Gasteiger partial charge in [0.05, 0.1) is 0 Å². The van der Waals surface area contributed by atoms with Crippen molar-refractivity contribution in [2.45, 2.75) is 46.0 Å². The standard InChI is InChI=1S/C18H22O/c1-4-6-18(19)13(3)15-9-10-16-11-14(5-2)7-8-17(16)12-15/h7-13H,4-6H2,1-3H3/t13-/m1/s1. The number of hydrogen-bond acceptors (Lipinski definition) is 1. The Balaban J connectivity index is 2.33. The summed E-state index contributed by atoms with van der Waals surface area (Å²) in [6, 6.07) is 13.0. The molecule has 0 unspecified atom stereocenters. The second-order valence-electron chi connectivity index (χ2n) is 5.23. The summed E-state index contributed by atoms with van der Waals surface area (Å²) in [5, 5.41) is 2.49. The zero-order valence-electron chi connectivity index (χ0n) is 12.1. The molecular formula is C18H22O. The highest BCUT2D eigenvalue weighted by molar-refractivity contribution is 5.89. The molecule has 0 saturated carbocycles. The number of Topliss-reactive ketones (excluding diaryl/α,β-unsaturated/α-hetero) is 1. The summed E-state index contributed by atoms with van der Waals surface area (Å²) in [4.78, 5) is 12.0. The van der Waals surface area contributed by atoms with E-state index in [1.165, 1.54) is 16.3 Å². The molecule has 0 amide bonds. The maximum Gasteiger partial charge on any atom is 0.140 e. The predicted molar refractivity (Wildman–Crippen MR) is 81.7 cm³/mol. The van der Waals surface area contributed by atoms with Crippen LogP contribution in [0.25, 0.3) is 10.8 Å². The molecule has 0 fully saturated rings. The minimum absolute atomic E-state index is 0.00945. The van der Waals surface area contributed by atoms with Gasteiger partial charge in [0.25, 0.3) is 0 Å². The van der Waals surface area contributed by atoms with Crippen LogP contribution in [0.5, 0.6) is 0 Å². The Kier molecular flexibility index (Phi) is 4.36. The van der Waals surface area contributed by atoms with Crippen LogP contribution in [-0.4, -0.2) is 5.78 Å². The lowest BCUT2D eigenvalue weighted by Crippen LogP contribution is -2.08. The molecular weight excluding hydrogens is 232 g/mol. The number of carbonyl (C=O) groups excluding carboxylic acids is 1. The van der Waals surface area contributed by atoms with Crippen molar-refractivity contribution in [1.29, 1.82) is 0 Å². The third-order valence-corrected chi connectivity index (χ3v) is 3.82. The molecule has 0 aliphatic rings. The van der Waals surface area contributed by atoms with Gasteiger partial charge in [-0.3, -0.25) is 4.79 Å². The van der Waals surface area contributed by atoms with Crippen LogP contribution in [0.3, 0.4) is 0 Å². The Morgan fingerprint density at radius 1 is 1.05 bits per heavy atom. The summed E-state index contributed by atoms with van der Waals surface area (Å²) in [6.07, 6.45) is 2.66. The zero-order chi connectivity index (χ0) is 13.8. The first-order chi connectivity index (χ1) is 9.15. The van der Waals surface area contributed by atoms with Crippen molar-refractivity contribution in [2.24, 2.45) is 0 Å². The summed E-state index contributed by atoms with van der Waals surface area (Å²) < 4.78 is 0. The van der Waals surface area contributed by atoms with Crippen LogP contribution in [0, 0.1) is 0 Å². The molecule has 1 nitrogen and oxygen atoms in total. The number of hydrogen-bond donors (Lipinski definition) is 0. The molecule has 0 aromatic heterocycles. The minimum atomic E-state index is 0.00945. The van der Waals surface area contributed by atoms with Crippen LogP contribution in [0.4, 0.5) is 0 Å². The number of ketones is 1. The van der Waals surface area contributed by atoms with E-state index >= 15 is 0 Å². The average Bonchev–Trinajstić information content (AvgIpc) is 2.45. The summed E-state index contributed by atoms with van der Waals surface area (Å²) >= 11 is 0. The lowest BCUT2D eigenvalue weighted by molar-refractivity contribution is -0.120. The average molecular weight is 254 g/mol. The van der Waals surface area contributed by atoms with Crippen LogP contribution < -0.4 is 0 Å². The molecule has 0 aliphatic heterocycles. The first-order valence-electron chi connectivity index (χ1n) is 7.21. The first kappa shape index (κ1) is 13.8. The summed E-state index contributed by atoms with van der Waals surface area (Å²) in [5.74, 6) is 0.349. The number of fused-ring (bicyclic) bond motifs is 1. The van der Waals surface area contributed by atoms with E-state index in [0.29, 0.717) is 12.2 Å². The molecule has 0 heterocycles. The Morgan fingerprint density at radius 2 is 1.74 bits per heavy atom. The molecule has 0 N–H and O–H groups in total. The number of aryl methyl sites for hydroxylation is 1. The maximum absolute atomic E-state index is 12.0. The highest BCUT2D eigenvalue weighted by Gasteiger charge is 2.14. The summed E-state index contributed by atoms with van der Waals surface area (Å²) in [5.41, 5.74) is 2.49. The number of rotatable bonds is 5. The van der Waals surface area contributed by atoms with E-state index in [2.05, 4.69) is 50.2 Å². The van der Waals surface area contributed by atoms with E-state index in [4.69, 9.17) is 0 Å². The van der Waals surface area contributed by atoms with E-state index in [-0.39, 0.29) is 5.92 Å². The van der Waals surface area contributed by atoms with E-state index < -0.39 is 0 Å². The van der Waals surface area contributed by atoms with Crippen LogP contribution in [0.1, 0.15) is 50.7 Å². The molecule has 2 aromatic carbocycles. The topological polar surface area (TPSA) is 17.1 Å². The maximum atomic E-state index is 12.0. The normalized spacial score (nSPS) is 12.6. The summed E-state index contributed by atoms with van der Waals surface area (Å²) in [7, 11) is 0. The number of benzene rings is 2. The third-order valence-electron chi connectivity index (χ3n) is 3.82. The van der Waals surface area contributed by atoms with Gasteiger partial charge in [0.2, 0.25) is 0 Å². The quantitative estimate of drug-likeness (QED) is 0.743. The molecule has 0 aliphatic carbocycles. The Labute approximate surface area is 115 Å². The Morgan fingerprint density at radius 3 is 2.42 bits per heavy atom. The van der Waals surface area contributed by atoms with Crippen molar-refractivity contribution in [1.82, 2.24) is 0 Å². The van der Waals surface area contributed by atoms with Gasteiger partial charge in [-0.25, -0.2) is 0 Å². The van der Waals surface area contributed by atoms with Gasteiger partial charge in [0.15, 0.2) is 0 Å². The zero-order valence-corrected chi connectivity index (χ0v) is 12.1. The van der Waals surface area contributed by atoms with Crippen molar-refractivity contribution in [3.63, 3.8) is 0 Å². The molecule has 1 atom stereocenters. The van der Waals surface area contributed by atoms with Gasteiger partial charge in [-0.2, -0.15) is 0 Å². The highest BCUT2D eigenvalue weighted by atomic mass is 16.1. The summed E-state index contributed by atoms with van der Waals surface area (Å²) in [6.45, 7) is 6.23. The van der Waals surface area contributed by atoms with E-state index in [1.54, 1.807) is 0 Å². The molecule has 2 rings (SSSR count). The van der Waals surface area contributed by atoms with Gasteiger partial charge in [-0.15, -0.1) is 0 Å². The second-order valence-corrected chi connectivity index (χ2v) is 5.23. The molecule has 100 valence electrons. The van der Waals surface area contributed by atoms with E-state index in [1.807, 2.05) is 6.92 Å². The Hall–Kier alpha value is -1.63. The SMILES string of the molecule is CCCC(=O)[C@H](C)c1ccc2cc(CC)ccc2c1. The fourth-order valence-electron chi connectivity index (χ4n) is 2.45. The van der Waals surface area contributed by atoms with Crippen LogP contribution in [-0.2, 0) is 11.2 Å². The van der Waals surface area contributed by atoms with Crippen molar-refractivity contribution < 1.29 is 4.79 Å². The Bertz CT molecular complexity index is 583. The van der Waals surface area contributed by atoms with Gasteiger partial charge in [0, 0.05) is 12.3 Å². The molecule has 19 heavy (non-hydrogen) atoms. The minimum Gasteiger partial charge on any atom is -0.299 e. The molecule has 0 radical (unpaired) electrons. The predicted octanol–water partition coefficient (Wildman–Crippen LogP) is 4.87. The lowest BCUT2D eigenvalue weighted by Gasteiger charge is -2.11. The van der Waals surface area contributed by atoms with Crippen molar-refractivity contribution >= 4 is 16.6 Å². The van der Waals surface area contributed by atoms with E-state index in [0.717, 1.165) is 18.4 Å². The van der Waals surface area contributed by atoms with Gasteiger partial charge < -0.3 is 0 Å². The number of carbonyl (C=O) groups is 1. The van der Waals surface area contributed by atoms with Crippen LogP contribution >= 0.6 is 0 Å².